The monoisotopic (exact) mass is 241 g/mol. The van der Waals surface area contributed by atoms with Gasteiger partial charge >= 0.3 is 0 Å². The first kappa shape index (κ1) is 11.9. The van der Waals surface area contributed by atoms with Crippen LogP contribution in [0.25, 0.3) is 0 Å². The summed E-state index contributed by atoms with van der Waals surface area (Å²) in [6.45, 7) is 1.91. The molecular weight excluding hydrogens is 230 g/mol. The zero-order valence-corrected chi connectivity index (χ0v) is 9.78. The second-order valence-corrected chi connectivity index (χ2v) is 3.75. The molecule has 0 bridgehead atoms. The van der Waals surface area contributed by atoms with Crippen molar-refractivity contribution in [3.8, 4) is 0 Å². The molecule has 0 unspecified atom stereocenters. The van der Waals surface area contributed by atoms with E-state index in [0.29, 0.717) is 11.4 Å². The van der Waals surface area contributed by atoms with Crippen LogP contribution in [-0.4, -0.2) is 16.1 Å². The SMILES string of the molecule is Cc1cccnc1/N=C/c1cccc([N+](=O)[O-])c1. The topological polar surface area (TPSA) is 68.4 Å². The lowest BCUT2D eigenvalue weighted by Gasteiger charge is -1.97. The Hall–Kier alpha value is -2.56. The molecule has 0 amide bonds. The van der Waals surface area contributed by atoms with Gasteiger partial charge in [0.1, 0.15) is 0 Å². The highest BCUT2D eigenvalue weighted by Crippen LogP contribution is 2.15. The van der Waals surface area contributed by atoms with Crippen molar-refractivity contribution >= 4 is 17.7 Å². The Labute approximate surface area is 104 Å². The molecule has 1 aromatic carbocycles. The summed E-state index contributed by atoms with van der Waals surface area (Å²) in [6.07, 6.45) is 3.23. The van der Waals surface area contributed by atoms with E-state index in [1.807, 2.05) is 19.1 Å². The molecule has 0 spiro atoms. The third-order valence-corrected chi connectivity index (χ3v) is 2.40. The van der Waals surface area contributed by atoms with Crippen molar-refractivity contribution in [3.05, 3.63) is 63.8 Å². The van der Waals surface area contributed by atoms with Crippen molar-refractivity contribution in [1.82, 2.24) is 4.98 Å². The molecule has 0 aliphatic rings. The van der Waals surface area contributed by atoms with E-state index in [-0.39, 0.29) is 5.69 Å². The van der Waals surface area contributed by atoms with Gasteiger partial charge in [-0.15, -0.1) is 0 Å². The first-order valence-electron chi connectivity index (χ1n) is 5.37. The van der Waals surface area contributed by atoms with E-state index in [9.17, 15) is 10.1 Å². The third-order valence-electron chi connectivity index (χ3n) is 2.40. The number of hydrogen-bond acceptors (Lipinski definition) is 4. The molecular formula is C13H11N3O2. The number of hydrogen-bond donors (Lipinski definition) is 0. The summed E-state index contributed by atoms with van der Waals surface area (Å²) < 4.78 is 0. The maximum atomic E-state index is 10.6. The summed E-state index contributed by atoms with van der Waals surface area (Å²) in [5, 5.41) is 10.6. The Morgan fingerprint density at radius 2 is 2.17 bits per heavy atom. The van der Waals surface area contributed by atoms with Crippen molar-refractivity contribution in [2.45, 2.75) is 6.92 Å². The second-order valence-electron chi connectivity index (χ2n) is 3.75. The highest BCUT2D eigenvalue weighted by Gasteiger charge is 2.04. The minimum Gasteiger partial charge on any atom is -0.258 e. The molecule has 0 N–H and O–H groups in total. The predicted octanol–water partition coefficient (Wildman–Crippen LogP) is 3.05. The molecule has 2 aromatic rings. The summed E-state index contributed by atoms with van der Waals surface area (Å²) >= 11 is 0. The average molecular weight is 241 g/mol. The van der Waals surface area contributed by atoms with Crippen LogP contribution in [0.15, 0.2) is 47.6 Å². The Balaban J connectivity index is 2.27. The number of aromatic nitrogens is 1. The lowest BCUT2D eigenvalue weighted by molar-refractivity contribution is -0.384. The number of non-ortho nitro benzene ring substituents is 1. The molecule has 0 aliphatic carbocycles. The number of nitro benzene ring substituents is 1. The van der Waals surface area contributed by atoms with Gasteiger partial charge < -0.3 is 0 Å². The predicted molar refractivity (Wildman–Crippen MR) is 69.3 cm³/mol. The molecule has 5 nitrogen and oxygen atoms in total. The second kappa shape index (κ2) is 5.18. The van der Waals surface area contributed by atoms with Crippen LogP contribution in [0, 0.1) is 17.0 Å². The van der Waals surface area contributed by atoms with Gasteiger partial charge in [-0.3, -0.25) is 10.1 Å². The summed E-state index contributed by atoms with van der Waals surface area (Å²) in [4.78, 5) is 18.5. The maximum absolute atomic E-state index is 10.6. The summed E-state index contributed by atoms with van der Waals surface area (Å²) in [6, 6.07) is 10.1. The molecule has 1 heterocycles. The van der Waals surface area contributed by atoms with E-state index in [1.54, 1.807) is 24.5 Å². The van der Waals surface area contributed by atoms with Crippen molar-refractivity contribution in [1.29, 1.82) is 0 Å². The summed E-state index contributed by atoms with van der Waals surface area (Å²) in [5.74, 6) is 0.615. The van der Waals surface area contributed by atoms with E-state index in [4.69, 9.17) is 0 Å². The Bertz CT molecular complexity index is 609. The van der Waals surface area contributed by atoms with Crippen molar-refractivity contribution in [2.24, 2.45) is 4.99 Å². The zero-order valence-electron chi connectivity index (χ0n) is 9.78. The molecule has 0 saturated carbocycles. The molecule has 0 fully saturated rings. The normalized spacial score (nSPS) is 10.7. The minimum atomic E-state index is -0.427. The lowest BCUT2D eigenvalue weighted by Crippen LogP contribution is -1.89. The van der Waals surface area contributed by atoms with E-state index in [1.165, 1.54) is 12.1 Å². The molecule has 0 atom stereocenters. The van der Waals surface area contributed by atoms with Crippen LogP contribution < -0.4 is 0 Å². The van der Waals surface area contributed by atoms with Crippen LogP contribution in [0.1, 0.15) is 11.1 Å². The number of rotatable bonds is 3. The van der Waals surface area contributed by atoms with Gasteiger partial charge in [-0.05, 0) is 24.1 Å². The largest absolute Gasteiger partial charge is 0.270 e. The van der Waals surface area contributed by atoms with E-state index < -0.39 is 4.92 Å². The van der Waals surface area contributed by atoms with Crippen LogP contribution in [0.5, 0.6) is 0 Å². The van der Waals surface area contributed by atoms with Gasteiger partial charge in [0.05, 0.1) is 4.92 Å². The number of pyridine rings is 1. The first-order valence-corrected chi connectivity index (χ1v) is 5.37. The van der Waals surface area contributed by atoms with Gasteiger partial charge in [0.15, 0.2) is 5.82 Å². The van der Waals surface area contributed by atoms with E-state index >= 15 is 0 Å². The van der Waals surface area contributed by atoms with Crippen molar-refractivity contribution in [2.75, 3.05) is 0 Å². The molecule has 18 heavy (non-hydrogen) atoms. The summed E-state index contributed by atoms with van der Waals surface area (Å²) in [7, 11) is 0. The molecule has 0 radical (unpaired) electrons. The van der Waals surface area contributed by atoms with Crippen LogP contribution in [-0.2, 0) is 0 Å². The van der Waals surface area contributed by atoms with E-state index in [2.05, 4.69) is 9.98 Å². The lowest BCUT2D eigenvalue weighted by atomic mass is 10.2. The van der Waals surface area contributed by atoms with Crippen LogP contribution in [0.4, 0.5) is 11.5 Å². The number of benzene rings is 1. The number of aliphatic imine (C=N–C) groups is 1. The molecule has 2 rings (SSSR count). The van der Waals surface area contributed by atoms with Crippen LogP contribution in [0.2, 0.25) is 0 Å². The summed E-state index contributed by atoms with van der Waals surface area (Å²) in [5.41, 5.74) is 1.69. The van der Waals surface area contributed by atoms with Gasteiger partial charge in [-0.25, -0.2) is 9.98 Å². The molecule has 5 heteroatoms. The fourth-order valence-electron chi connectivity index (χ4n) is 1.47. The fraction of sp³-hybridized carbons (Fsp3) is 0.0769. The fourth-order valence-corrected chi connectivity index (χ4v) is 1.47. The number of aryl methyl sites for hydroxylation is 1. The third kappa shape index (κ3) is 2.76. The molecule has 1 aromatic heterocycles. The molecule has 0 aliphatic heterocycles. The molecule has 0 saturated heterocycles. The highest BCUT2D eigenvalue weighted by molar-refractivity contribution is 5.82. The van der Waals surface area contributed by atoms with Gasteiger partial charge in [-0.2, -0.15) is 0 Å². The quantitative estimate of drug-likeness (QED) is 0.471. The Morgan fingerprint density at radius 1 is 1.33 bits per heavy atom. The minimum absolute atomic E-state index is 0.0525. The van der Waals surface area contributed by atoms with Crippen molar-refractivity contribution in [3.63, 3.8) is 0 Å². The van der Waals surface area contributed by atoms with Crippen LogP contribution >= 0.6 is 0 Å². The average Bonchev–Trinajstić information content (AvgIpc) is 2.38. The number of nitrogens with zero attached hydrogens (tertiary/aromatic N) is 3. The highest BCUT2D eigenvalue weighted by atomic mass is 16.6. The van der Waals surface area contributed by atoms with E-state index in [0.717, 1.165) is 5.56 Å². The zero-order chi connectivity index (χ0) is 13.0. The van der Waals surface area contributed by atoms with Gasteiger partial charge in [0.25, 0.3) is 5.69 Å². The van der Waals surface area contributed by atoms with Crippen molar-refractivity contribution < 1.29 is 4.92 Å². The van der Waals surface area contributed by atoms with Gasteiger partial charge in [0.2, 0.25) is 0 Å². The van der Waals surface area contributed by atoms with Crippen LogP contribution in [0.3, 0.4) is 0 Å². The Kier molecular flexibility index (Phi) is 3.43. The Morgan fingerprint density at radius 3 is 2.89 bits per heavy atom. The first-order chi connectivity index (χ1) is 8.66. The van der Waals surface area contributed by atoms with Gasteiger partial charge in [-0.1, -0.05) is 18.2 Å². The molecule has 90 valence electrons. The number of nitro groups is 1. The smallest absolute Gasteiger partial charge is 0.258 e. The standard InChI is InChI=1S/C13H11N3O2/c1-10-4-3-7-14-13(10)15-9-11-5-2-6-12(8-11)16(17)18/h2-9H,1H3/b15-9+. The maximum Gasteiger partial charge on any atom is 0.270 e. The van der Waals surface area contributed by atoms with Gasteiger partial charge in [0, 0.05) is 24.5 Å².